The molecular weight excluding hydrogens is 855 g/mol. The van der Waals surface area contributed by atoms with Gasteiger partial charge in [0.1, 0.15) is 29.5 Å². The van der Waals surface area contributed by atoms with Gasteiger partial charge in [0, 0.05) is 31.6 Å². The number of alkyl carbamates (subject to hydrolysis) is 1. The SMILES string of the molecule is CC(=O)O[C@@]12CO[C@@H]1C[C@H](O)[C@@]1(C)C(=O)[C@H](OC(=O)CCc3ccccc3)C3=C(C)[C@@H](OC(=O)[C@H](O)[C@H](C=C(C)C)NC(=O)OC(C)(C)C)C[C@@](O)([C@@H](OC(=O)c4ccccc4)[C@H]21)C3(C)C. The van der Waals surface area contributed by atoms with E-state index in [0.717, 1.165) is 12.5 Å². The number of hydrogen-bond donors (Lipinski definition) is 4. The second-order valence-electron chi connectivity index (χ2n) is 19.9. The number of rotatable bonds is 12. The zero-order valence-corrected chi connectivity index (χ0v) is 39.2. The van der Waals surface area contributed by atoms with Crippen LogP contribution >= 0.6 is 0 Å². The summed E-state index contributed by atoms with van der Waals surface area (Å²) < 4.78 is 36.2. The first kappa shape index (κ1) is 50.0. The second-order valence-corrected chi connectivity index (χ2v) is 19.9. The number of carbonyl (C=O) groups excluding carboxylic acids is 6. The molecule has 4 N–H and O–H groups in total. The Morgan fingerprint density at radius 2 is 1.56 bits per heavy atom. The van der Waals surface area contributed by atoms with Crippen LogP contribution in [-0.2, 0) is 54.0 Å². The van der Waals surface area contributed by atoms with Crippen molar-refractivity contribution in [2.75, 3.05) is 6.61 Å². The van der Waals surface area contributed by atoms with Crippen LogP contribution in [0, 0.1) is 16.7 Å². The maximum absolute atomic E-state index is 15.9. The quantitative estimate of drug-likeness (QED) is 0.124. The highest BCUT2D eigenvalue weighted by atomic mass is 16.6. The third-order valence-electron chi connectivity index (χ3n) is 13.6. The summed E-state index contributed by atoms with van der Waals surface area (Å²) in [5.74, 6) is -6.21. The number of ether oxygens (including phenoxy) is 6. The Hall–Kier alpha value is -5.42. The third kappa shape index (κ3) is 9.42. The number of nitrogens with one attached hydrogen (secondary N) is 1. The molecule has 4 aliphatic rings. The van der Waals surface area contributed by atoms with Gasteiger partial charge >= 0.3 is 30.0 Å². The second kappa shape index (κ2) is 18.7. The standard InChI is InChI=1S/C50H63NO15/c1-27(2)23-32(51-45(59)66-46(5,6)7)38(55)44(58)62-33-25-50(60)42(64-43(57)31-19-15-12-16-20-31)40-48(10,34(53)24-35-49(40,26-61-35)65-29(4)52)41(56)39(37(28(33)3)47(50,8)9)63-36(54)22-21-30-17-13-11-14-18-30/h11-20,23,32-35,38-40,42,53,55,60H,21-22,24-26H2,1-10H3,(H,51,59)/t32-,33-,34-,35+,38+,39+,40-,42-,48+,49-,50+/m0/s1. The summed E-state index contributed by atoms with van der Waals surface area (Å²) in [7, 11) is 0. The van der Waals surface area contributed by atoms with Crippen molar-refractivity contribution in [1.29, 1.82) is 0 Å². The number of fused-ring (bicyclic) bond motifs is 5. The number of esters is 4. The van der Waals surface area contributed by atoms with Crippen LogP contribution in [0.25, 0.3) is 0 Å². The number of aliphatic hydroxyl groups is 3. The van der Waals surface area contributed by atoms with Gasteiger partial charge in [0.25, 0.3) is 0 Å². The van der Waals surface area contributed by atoms with Gasteiger partial charge in [-0.2, -0.15) is 0 Å². The summed E-state index contributed by atoms with van der Waals surface area (Å²) in [6.07, 6.45) is -10.1. The first-order chi connectivity index (χ1) is 30.8. The summed E-state index contributed by atoms with van der Waals surface area (Å²) in [6.45, 7) is 15.2. The fourth-order valence-electron chi connectivity index (χ4n) is 10.3. The van der Waals surface area contributed by atoms with Crippen LogP contribution in [0.15, 0.2) is 83.5 Å². The highest BCUT2D eigenvalue weighted by Gasteiger charge is 2.78. The molecule has 16 nitrogen and oxygen atoms in total. The Balaban J connectivity index is 1.54. The number of ketones is 1. The fraction of sp³-hybridized carbons (Fsp3) is 0.560. The lowest BCUT2D eigenvalue weighted by Gasteiger charge is -2.67. The van der Waals surface area contributed by atoms with Crippen molar-refractivity contribution in [1.82, 2.24) is 5.32 Å². The van der Waals surface area contributed by atoms with E-state index < -0.39 is 118 Å². The van der Waals surface area contributed by atoms with E-state index in [2.05, 4.69) is 5.32 Å². The molecule has 1 aliphatic heterocycles. The van der Waals surface area contributed by atoms with Crippen molar-refractivity contribution >= 4 is 35.8 Å². The zero-order valence-electron chi connectivity index (χ0n) is 39.2. The van der Waals surface area contributed by atoms with Crippen molar-refractivity contribution in [2.45, 2.75) is 154 Å². The molecule has 2 bridgehead atoms. The third-order valence-corrected chi connectivity index (χ3v) is 13.6. The van der Waals surface area contributed by atoms with Gasteiger partial charge in [0.15, 0.2) is 23.6 Å². The number of Topliss-reactive ketones (excluding diaryl/α,β-unsaturated/α-hetero) is 1. The van der Waals surface area contributed by atoms with Crippen LogP contribution in [0.5, 0.6) is 0 Å². The van der Waals surface area contributed by atoms with Gasteiger partial charge in [-0.25, -0.2) is 14.4 Å². The van der Waals surface area contributed by atoms with Crippen LogP contribution in [-0.4, -0.2) is 117 Å². The van der Waals surface area contributed by atoms with Crippen LogP contribution in [0.4, 0.5) is 4.79 Å². The Kier molecular flexibility index (Phi) is 14.2. The lowest BCUT2D eigenvalue weighted by Crippen LogP contribution is -2.82. The van der Waals surface area contributed by atoms with Crippen LogP contribution < -0.4 is 5.32 Å². The molecule has 358 valence electrons. The monoisotopic (exact) mass is 917 g/mol. The van der Waals surface area contributed by atoms with Crippen LogP contribution in [0.2, 0.25) is 0 Å². The van der Waals surface area contributed by atoms with Gasteiger partial charge in [0.05, 0.1) is 35.6 Å². The Labute approximate surface area is 385 Å². The summed E-state index contributed by atoms with van der Waals surface area (Å²) in [5.41, 5.74) is -7.24. The molecule has 0 unspecified atom stereocenters. The molecule has 0 aromatic heterocycles. The number of allylic oxidation sites excluding steroid dienone is 1. The molecule has 1 amide bonds. The predicted octanol–water partition coefficient (Wildman–Crippen LogP) is 5.04. The van der Waals surface area contributed by atoms with Crippen LogP contribution in [0.1, 0.15) is 104 Å². The van der Waals surface area contributed by atoms with E-state index in [1.165, 1.54) is 32.1 Å². The maximum Gasteiger partial charge on any atom is 0.408 e. The lowest BCUT2D eigenvalue weighted by molar-refractivity contribution is -0.346. The van der Waals surface area contributed by atoms with Gasteiger partial charge in [-0.15, -0.1) is 0 Å². The number of aliphatic hydroxyl groups excluding tert-OH is 2. The first-order valence-electron chi connectivity index (χ1n) is 22.3. The zero-order chi connectivity index (χ0) is 48.7. The molecule has 66 heavy (non-hydrogen) atoms. The molecule has 16 heteroatoms. The van der Waals surface area contributed by atoms with Crippen molar-refractivity contribution in [3.63, 3.8) is 0 Å². The van der Waals surface area contributed by atoms with Crippen molar-refractivity contribution in [3.8, 4) is 0 Å². The van der Waals surface area contributed by atoms with E-state index in [4.69, 9.17) is 28.4 Å². The molecule has 3 aliphatic carbocycles. The lowest BCUT2D eigenvalue weighted by atomic mass is 9.44. The maximum atomic E-state index is 15.9. The minimum Gasteiger partial charge on any atom is -0.456 e. The summed E-state index contributed by atoms with van der Waals surface area (Å²) >= 11 is 0. The predicted molar refractivity (Wildman–Crippen MR) is 236 cm³/mol. The van der Waals surface area contributed by atoms with Crippen LogP contribution in [0.3, 0.4) is 0 Å². The van der Waals surface area contributed by atoms with E-state index in [-0.39, 0.29) is 42.6 Å². The molecule has 0 spiro atoms. The van der Waals surface area contributed by atoms with Crippen molar-refractivity contribution in [3.05, 3.63) is 94.6 Å². The summed E-state index contributed by atoms with van der Waals surface area (Å²) in [5, 5.41) is 40.2. The number of hydrogen-bond acceptors (Lipinski definition) is 15. The van der Waals surface area contributed by atoms with E-state index >= 15 is 4.79 Å². The average molecular weight is 918 g/mol. The molecule has 11 atom stereocenters. The highest BCUT2D eigenvalue weighted by Crippen LogP contribution is 2.64. The molecule has 6 rings (SSSR count). The Bertz CT molecular complexity index is 2260. The minimum absolute atomic E-state index is 0.00418. The van der Waals surface area contributed by atoms with Gasteiger partial charge < -0.3 is 49.1 Å². The minimum atomic E-state index is -2.41. The van der Waals surface area contributed by atoms with Gasteiger partial charge in [-0.3, -0.25) is 14.4 Å². The molecular formula is C50H63NO15. The number of aryl methyl sites for hydroxylation is 1. The molecule has 0 radical (unpaired) electrons. The molecule has 1 saturated heterocycles. The normalized spacial score (nSPS) is 30.8. The topological polar surface area (TPSA) is 231 Å². The average Bonchev–Trinajstić information content (AvgIpc) is 3.23. The number of benzene rings is 2. The smallest absolute Gasteiger partial charge is 0.408 e. The van der Waals surface area contributed by atoms with E-state index in [1.807, 2.05) is 30.3 Å². The van der Waals surface area contributed by atoms with E-state index in [1.54, 1.807) is 66.7 Å². The fourth-order valence-corrected chi connectivity index (χ4v) is 10.3. The Morgan fingerprint density at radius 3 is 2.12 bits per heavy atom. The van der Waals surface area contributed by atoms with Gasteiger partial charge in [-0.1, -0.05) is 74.0 Å². The van der Waals surface area contributed by atoms with Gasteiger partial charge in [0.2, 0.25) is 0 Å². The summed E-state index contributed by atoms with van der Waals surface area (Å²) in [4.78, 5) is 84.6. The molecule has 3 fully saturated rings. The highest BCUT2D eigenvalue weighted by molar-refractivity contribution is 5.96. The first-order valence-corrected chi connectivity index (χ1v) is 22.3. The Morgan fingerprint density at radius 1 is 0.939 bits per heavy atom. The molecule has 2 aromatic carbocycles. The van der Waals surface area contributed by atoms with Crippen molar-refractivity contribution < 1.29 is 72.5 Å². The molecule has 2 saturated carbocycles. The van der Waals surface area contributed by atoms with E-state index in [0.29, 0.717) is 5.57 Å². The van der Waals surface area contributed by atoms with Crippen molar-refractivity contribution in [2.24, 2.45) is 16.7 Å². The van der Waals surface area contributed by atoms with E-state index in [9.17, 15) is 39.3 Å². The molecule has 2 aromatic rings. The largest absolute Gasteiger partial charge is 0.456 e. The number of amides is 1. The van der Waals surface area contributed by atoms with Gasteiger partial charge in [-0.05, 0) is 83.7 Å². The number of carbonyl (C=O) groups is 6. The summed E-state index contributed by atoms with van der Waals surface area (Å²) in [6, 6.07) is 15.6. The molecule has 1 heterocycles.